The van der Waals surface area contributed by atoms with E-state index < -0.39 is 0 Å². The first-order valence-electron chi connectivity index (χ1n) is 4.76. The largest absolute Gasteiger partial charge is 0.466 e. The zero-order chi connectivity index (χ0) is 11.1. The van der Waals surface area contributed by atoms with Gasteiger partial charge in [-0.2, -0.15) is 0 Å². The van der Waals surface area contributed by atoms with E-state index in [0.717, 1.165) is 5.56 Å². The fraction of sp³-hybridized carbons (Fsp3) is 0.364. The van der Waals surface area contributed by atoms with Crippen LogP contribution in [0, 0.1) is 0 Å². The monoisotopic (exact) mass is 225 g/mol. The lowest BCUT2D eigenvalue weighted by Gasteiger charge is -2.18. The van der Waals surface area contributed by atoms with Gasteiger partial charge in [0.2, 0.25) is 0 Å². The first-order chi connectivity index (χ1) is 7.24. The number of aliphatic hydroxyl groups excluding tert-OH is 1. The minimum absolute atomic E-state index is 0.0747. The Labute approximate surface area is 95.3 Å². The summed E-state index contributed by atoms with van der Waals surface area (Å²) in [4.78, 5) is 1.71. The molecule has 0 unspecified atom stereocenters. The number of nitrogens with zero attached hydrogens (tertiary/aromatic N) is 1. The maximum atomic E-state index is 8.71. The van der Waals surface area contributed by atoms with Crippen LogP contribution in [0.2, 0.25) is 0 Å². The average molecular weight is 225 g/mol. The van der Waals surface area contributed by atoms with Gasteiger partial charge in [-0.1, -0.05) is 30.3 Å². The number of ether oxygens (including phenoxy) is 1. The first kappa shape index (κ1) is 11.9. The molecule has 0 saturated heterocycles. The fourth-order valence-corrected chi connectivity index (χ4v) is 1.22. The molecule has 1 rings (SSSR count). The molecule has 0 atom stereocenters. The predicted molar refractivity (Wildman–Crippen MR) is 63.5 cm³/mol. The van der Waals surface area contributed by atoms with Gasteiger partial charge in [0.05, 0.1) is 6.61 Å². The van der Waals surface area contributed by atoms with E-state index in [4.69, 9.17) is 22.1 Å². The van der Waals surface area contributed by atoms with Crippen molar-refractivity contribution >= 4 is 17.4 Å². The summed E-state index contributed by atoms with van der Waals surface area (Å²) >= 11 is 5.03. The summed E-state index contributed by atoms with van der Waals surface area (Å²) in [7, 11) is 1.80. The van der Waals surface area contributed by atoms with E-state index >= 15 is 0 Å². The Hall–Kier alpha value is -1.13. The van der Waals surface area contributed by atoms with Gasteiger partial charge >= 0.3 is 0 Å². The van der Waals surface area contributed by atoms with Gasteiger partial charge in [0.25, 0.3) is 5.17 Å². The highest BCUT2D eigenvalue weighted by Crippen LogP contribution is 2.02. The Morgan fingerprint density at radius 2 is 2.07 bits per heavy atom. The topological polar surface area (TPSA) is 32.7 Å². The lowest BCUT2D eigenvalue weighted by atomic mass is 10.2. The zero-order valence-electron chi connectivity index (χ0n) is 8.72. The van der Waals surface area contributed by atoms with Gasteiger partial charge in [-0.05, 0) is 17.8 Å². The van der Waals surface area contributed by atoms with Crippen molar-refractivity contribution in [3.05, 3.63) is 35.9 Å². The number of hydrogen-bond donors (Lipinski definition) is 1. The van der Waals surface area contributed by atoms with E-state index in [0.29, 0.717) is 18.3 Å². The molecule has 0 saturated carbocycles. The Balaban J connectivity index is 2.34. The number of hydrogen-bond acceptors (Lipinski definition) is 3. The second-order valence-corrected chi connectivity index (χ2v) is 3.53. The van der Waals surface area contributed by atoms with Crippen LogP contribution in [0.3, 0.4) is 0 Å². The number of benzene rings is 1. The standard InChI is InChI=1S/C11H15NO2S/c1-12(7-8-13)11(15)14-9-10-5-3-2-4-6-10/h2-6,13H,7-9H2,1H3. The van der Waals surface area contributed by atoms with Crippen LogP contribution in [0.5, 0.6) is 0 Å². The molecule has 0 aromatic heterocycles. The smallest absolute Gasteiger partial charge is 0.259 e. The first-order valence-corrected chi connectivity index (χ1v) is 5.17. The maximum absolute atomic E-state index is 8.71. The highest BCUT2D eigenvalue weighted by atomic mass is 32.1. The van der Waals surface area contributed by atoms with E-state index in [2.05, 4.69) is 0 Å². The summed E-state index contributed by atoms with van der Waals surface area (Å²) in [5.41, 5.74) is 1.08. The molecule has 0 heterocycles. The third-order valence-electron chi connectivity index (χ3n) is 1.95. The molecule has 15 heavy (non-hydrogen) atoms. The van der Waals surface area contributed by atoms with Crippen LogP contribution in [-0.2, 0) is 11.3 Å². The average Bonchev–Trinajstić information content (AvgIpc) is 2.27. The number of rotatable bonds is 4. The maximum Gasteiger partial charge on any atom is 0.259 e. The van der Waals surface area contributed by atoms with E-state index in [1.165, 1.54) is 0 Å². The summed E-state index contributed by atoms with van der Waals surface area (Å²) in [5, 5.41) is 9.12. The number of aliphatic hydroxyl groups is 1. The molecule has 0 amide bonds. The van der Waals surface area contributed by atoms with Crippen LogP contribution >= 0.6 is 12.2 Å². The third kappa shape index (κ3) is 4.27. The SMILES string of the molecule is CN(CCO)C(=S)OCc1ccccc1. The third-order valence-corrected chi connectivity index (χ3v) is 2.38. The minimum Gasteiger partial charge on any atom is -0.466 e. The van der Waals surface area contributed by atoms with Gasteiger partial charge in [-0.15, -0.1) is 0 Å². The highest BCUT2D eigenvalue weighted by Gasteiger charge is 2.04. The van der Waals surface area contributed by atoms with E-state index in [-0.39, 0.29) is 6.61 Å². The van der Waals surface area contributed by atoms with Gasteiger partial charge in [-0.25, -0.2) is 0 Å². The van der Waals surface area contributed by atoms with Crippen LogP contribution in [0.15, 0.2) is 30.3 Å². The molecule has 0 fully saturated rings. The lowest BCUT2D eigenvalue weighted by Crippen LogP contribution is -2.29. The Morgan fingerprint density at radius 1 is 1.40 bits per heavy atom. The molecule has 4 heteroatoms. The van der Waals surface area contributed by atoms with Crippen LogP contribution in [0.4, 0.5) is 0 Å². The molecular weight excluding hydrogens is 210 g/mol. The van der Waals surface area contributed by atoms with E-state index in [1.54, 1.807) is 11.9 Å². The molecule has 0 aliphatic carbocycles. The molecule has 0 bridgehead atoms. The Morgan fingerprint density at radius 3 is 2.67 bits per heavy atom. The van der Waals surface area contributed by atoms with Gasteiger partial charge in [-0.3, -0.25) is 0 Å². The van der Waals surface area contributed by atoms with Crippen molar-refractivity contribution in [3.63, 3.8) is 0 Å². The van der Waals surface area contributed by atoms with Gasteiger partial charge < -0.3 is 14.7 Å². The zero-order valence-corrected chi connectivity index (χ0v) is 9.54. The van der Waals surface area contributed by atoms with E-state index in [1.807, 2.05) is 30.3 Å². The Bertz CT molecular complexity index is 303. The summed E-state index contributed by atoms with van der Waals surface area (Å²) < 4.78 is 5.39. The van der Waals surface area contributed by atoms with Crippen LogP contribution < -0.4 is 0 Å². The minimum atomic E-state index is 0.0747. The normalized spacial score (nSPS) is 9.73. The summed E-state index contributed by atoms with van der Waals surface area (Å²) in [6, 6.07) is 9.83. The van der Waals surface area contributed by atoms with Crippen molar-refractivity contribution < 1.29 is 9.84 Å². The second kappa shape index (κ2) is 6.37. The van der Waals surface area contributed by atoms with Crippen molar-refractivity contribution in [1.29, 1.82) is 0 Å². The second-order valence-electron chi connectivity index (χ2n) is 3.19. The predicted octanol–water partition coefficient (Wildman–Crippen LogP) is 1.41. The van der Waals surface area contributed by atoms with Crippen molar-refractivity contribution in [1.82, 2.24) is 4.90 Å². The van der Waals surface area contributed by atoms with Gasteiger partial charge in [0.15, 0.2) is 0 Å². The molecule has 0 radical (unpaired) electrons. The van der Waals surface area contributed by atoms with Crippen molar-refractivity contribution in [3.8, 4) is 0 Å². The summed E-state index contributed by atoms with van der Waals surface area (Å²) in [6.07, 6.45) is 0. The molecule has 0 aliphatic rings. The van der Waals surface area contributed by atoms with Crippen LogP contribution in [0.25, 0.3) is 0 Å². The quantitative estimate of drug-likeness (QED) is 0.785. The molecule has 0 spiro atoms. The molecular formula is C11H15NO2S. The summed E-state index contributed by atoms with van der Waals surface area (Å²) in [5.74, 6) is 0. The molecule has 1 aromatic carbocycles. The van der Waals surface area contributed by atoms with Crippen LogP contribution in [-0.4, -0.2) is 35.4 Å². The lowest BCUT2D eigenvalue weighted by molar-refractivity contribution is 0.214. The molecule has 0 aliphatic heterocycles. The van der Waals surface area contributed by atoms with Crippen molar-refractivity contribution in [2.24, 2.45) is 0 Å². The summed E-state index contributed by atoms with van der Waals surface area (Å²) in [6.45, 7) is 1.04. The van der Waals surface area contributed by atoms with Crippen molar-refractivity contribution in [2.45, 2.75) is 6.61 Å². The van der Waals surface area contributed by atoms with Gasteiger partial charge in [0, 0.05) is 13.6 Å². The number of likely N-dealkylation sites (N-methyl/N-ethyl adjacent to an activating group) is 1. The Kier molecular flexibility index (Phi) is 5.07. The van der Waals surface area contributed by atoms with Crippen LogP contribution in [0.1, 0.15) is 5.56 Å². The molecule has 82 valence electrons. The van der Waals surface area contributed by atoms with E-state index in [9.17, 15) is 0 Å². The highest BCUT2D eigenvalue weighted by molar-refractivity contribution is 7.80. The van der Waals surface area contributed by atoms with Crippen molar-refractivity contribution in [2.75, 3.05) is 20.2 Å². The number of thiocarbonyl (C=S) groups is 1. The molecule has 1 N–H and O–H groups in total. The molecule has 3 nitrogen and oxygen atoms in total. The van der Waals surface area contributed by atoms with Gasteiger partial charge in [0.1, 0.15) is 6.61 Å². The molecule has 1 aromatic rings. The fourth-order valence-electron chi connectivity index (χ4n) is 1.07.